The van der Waals surface area contributed by atoms with Gasteiger partial charge in [-0.2, -0.15) is 0 Å². The average molecular weight is 542 g/mol. The number of carbonyl (C=O) groups is 2. The van der Waals surface area contributed by atoms with E-state index in [-0.39, 0.29) is 11.8 Å². The van der Waals surface area contributed by atoms with Crippen LogP contribution >= 0.6 is 0 Å². The SMILES string of the molecule is COc1ccc(-c2ccccc2C(=O)N[C@@H](CCCN2CCCCCC2)C(=O)NCCCc2ccccc2)cc1. The fraction of sp³-hybridized carbons (Fsp3) is 0.412. The maximum Gasteiger partial charge on any atom is 0.252 e. The van der Waals surface area contributed by atoms with Crippen LogP contribution in [0.25, 0.3) is 11.1 Å². The number of nitrogens with one attached hydrogen (secondary N) is 2. The first kappa shape index (κ1) is 29.3. The number of nitrogens with zero attached hydrogens (tertiary/aromatic N) is 1. The maximum absolute atomic E-state index is 13.6. The fourth-order valence-electron chi connectivity index (χ4n) is 5.36. The first-order valence-electron chi connectivity index (χ1n) is 14.7. The van der Waals surface area contributed by atoms with Crippen LogP contribution in [0.4, 0.5) is 0 Å². The maximum atomic E-state index is 13.6. The molecule has 0 bridgehead atoms. The number of hydrogen-bond donors (Lipinski definition) is 2. The molecule has 0 spiro atoms. The topological polar surface area (TPSA) is 70.7 Å². The second kappa shape index (κ2) is 15.8. The number of ether oxygens (including phenoxy) is 1. The minimum Gasteiger partial charge on any atom is -0.497 e. The summed E-state index contributed by atoms with van der Waals surface area (Å²) in [6, 6.07) is 24.9. The lowest BCUT2D eigenvalue weighted by Gasteiger charge is -2.23. The molecule has 212 valence electrons. The zero-order chi connectivity index (χ0) is 28.0. The van der Waals surface area contributed by atoms with Crippen molar-refractivity contribution in [3.05, 3.63) is 90.0 Å². The van der Waals surface area contributed by atoms with Crippen LogP contribution in [0.3, 0.4) is 0 Å². The van der Waals surface area contributed by atoms with Gasteiger partial charge in [0.25, 0.3) is 5.91 Å². The number of methoxy groups -OCH3 is 1. The Morgan fingerprint density at radius 1 is 0.850 bits per heavy atom. The first-order valence-corrected chi connectivity index (χ1v) is 14.7. The summed E-state index contributed by atoms with van der Waals surface area (Å²) in [5.41, 5.74) is 3.57. The van der Waals surface area contributed by atoms with Crippen LogP contribution < -0.4 is 15.4 Å². The van der Waals surface area contributed by atoms with Crippen LogP contribution in [0.2, 0.25) is 0 Å². The molecule has 0 radical (unpaired) electrons. The second-order valence-electron chi connectivity index (χ2n) is 10.6. The van der Waals surface area contributed by atoms with Crippen molar-refractivity contribution in [3.63, 3.8) is 0 Å². The summed E-state index contributed by atoms with van der Waals surface area (Å²) in [6.45, 7) is 3.78. The lowest BCUT2D eigenvalue weighted by Crippen LogP contribution is -2.47. The van der Waals surface area contributed by atoms with Crippen molar-refractivity contribution in [1.82, 2.24) is 15.5 Å². The van der Waals surface area contributed by atoms with Gasteiger partial charge in [0.05, 0.1) is 7.11 Å². The molecule has 1 heterocycles. The van der Waals surface area contributed by atoms with Crippen molar-refractivity contribution in [2.75, 3.05) is 33.3 Å². The van der Waals surface area contributed by atoms with E-state index in [9.17, 15) is 9.59 Å². The van der Waals surface area contributed by atoms with Crippen molar-refractivity contribution in [2.45, 2.75) is 57.4 Å². The summed E-state index contributed by atoms with van der Waals surface area (Å²) in [5, 5.41) is 6.17. The standard InChI is InChI=1S/C34H43N3O3/c1-40-29-21-19-28(20-22-29)30-16-7-8-17-31(30)33(38)36-32(18-12-26-37-24-9-2-3-10-25-37)34(39)35-23-11-15-27-13-5-4-6-14-27/h4-8,13-14,16-17,19-22,32H,2-3,9-12,15,18,23-26H2,1H3,(H,35,39)(H,36,38)/t32-/m0/s1. The predicted octanol–water partition coefficient (Wildman–Crippen LogP) is 5.87. The largest absolute Gasteiger partial charge is 0.497 e. The molecule has 6 nitrogen and oxygen atoms in total. The number of benzene rings is 3. The highest BCUT2D eigenvalue weighted by Gasteiger charge is 2.23. The quantitative estimate of drug-likeness (QED) is 0.266. The van der Waals surface area contributed by atoms with Gasteiger partial charge >= 0.3 is 0 Å². The smallest absolute Gasteiger partial charge is 0.252 e. The molecule has 6 heteroatoms. The molecular formula is C34H43N3O3. The van der Waals surface area contributed by atoms with Crippen molar-refractivity contribution in [1.29, 1.82) is 0 Å². The minimum absolute atomic E-state index is 0.112. The number of aryl methyl sites for hydroxylation is 1. The van der Waals surface area contributed by atoms with E-state index in [2.05, 4.69) is 27.7 Å². The van der Waals surface area contributed by atoms with E-state index < -0.39 is 6.04 Å². The summed E-state index contributed by atoms with van der Waals surface area (Å²) >= 11 is 0. The first-order chi connectivity index (χ1) is 19.6. The third-order valence-corrected chi connectivity index (χ3v) is 7.64. The number of hydrogen-bond acceptors (Lipinski definition) is 4. The summed E-state index contributed by atoms with van der Waals surface area (Å²) < 4.78 is 5.29. The summed E-state index contributed by atoms with van der Waals surface area (Å²) in [5.74, 6) is 0.420. The molecule has 1 fully saturated rings. The van der Waals surface area contributed by atoms with Crippen LogP contribution in [0.15, 0.2) is 78.9 Å². The molecule has 3 aromatic rings. The van der Waals surface area contributed by atoms with Gasteiger partial charge in [0, 0.05) is 12.1 Å². The third-order valence-electron chi connectivity index (χ3n) is 7.64. The lowest BCUT2D eigenvalue weighted by atomic mass is 9.98. The molecule has 0 aromatic heterocycles. The van der Waals surface area contributed by atoms with Crippen molar-refractivity contribution in [3.8, 4) is 16.9 Å². The summed E-state index contributed by atoms with van der Waals surface area (Å²) in [4.78, 5) is 29.4. The molecule has 1 aliphatic rings. The Hall–Kier alpha value is -3.64. The Morgan fingerprint density at radius 3 is 2.27 bits per heavy atom. The van der Waals surface area contributed by atoms with Gasteiger partial charge in [-0.3, -0.25) is 9.59 Å². The highest BCUT2D eigenvalue weighted by molar-refractivity contribution is 6.02. The second-order valence-corrected chi connectivity index (χ2v) is 10.6. The van der Waals surface area contributed by atoms with Crippen LogP contribution in [0, 0.1) is 0 Å². The Kier molecular flexibility index (Phi) is 11.6. The number of rotatable bonds is 13. The molecule has 2 amide bonds. The average Bonchev–Trinajstić information content (AvgIpc) is 3.28. The Morgan fingerprint density at radius 2 is 1.55 bits per heavy atom. The van der Waals surface area contributed by atoms with E-state index in [1.165, 1.54) is 31.2 Å². The Balaban J connectivity index is 1.40. The van der Waals surface area contributed by atoms with E-state index >= 15 is 0 Å². The van der Waals surface area contributed by atoms with E-state index in [0.717, 1.165) is 55.8 Å². The summed E-state index contributed by atoms with van der Waals surface area (Å²) in [7, 11) is 1.64. The van der Waals surface area contributed by atoms with E-state index in [1.54, 1.807) is 7.11 Å². The van der Waals surface area contributed by atoms with Gasteiger partial charge in [-0.15, -0.1) is 0 Å². The molecule has 0 unspecified atom stereocenters. The highest BCUT2D eigenvalue weighted by Crippen LogP contribution is 2.26. The number of likely N-dealkylation sites (tertiary alicyclic amines) is 1. The Labute approximate surface area is 239 Å². The zero-order valence-corrected chi connectivity index (χ0v) is 23.7. The molecule has 0 saturated carbocycles. The molecule has 1 aliphatic heterocycles. The molecule has 1 saturated heterocycles. The molecule has 0 aliphatic carbocycles. The van der Waals surface area contributed by atoms with Crippen molar-refractivity contribution in [2.24, 2.45) is 0 Å². The third kappa shape index (κ3) is 8.95. The van der Waals surface area contributed by atoms with Gasteiger partial charge in [-0.25, -0.2) is 0 Å². The van der Waals surface area contributed by atoms with Gasteiger partial charge in [0.15, 0.2) is 0 Å². The predicted molar refractivity (Wildman–Crippen MR) is 162 cm³/mol. The van der Waals surface area contributed by atoms with Crippen LogP contribution in [-0.4, -0.2) is 56.0 Å². The molecular weight excluding hydrogens is 498 g/mol. The molecule has 1 atom stereocenters. The number of amides is 2. The van der Waals surface area contributed by atoms with Crippen LogP contribution in [0.5, 0.6) is 5.75 Å². The van der Waals surface area contributed by atoms with Crippen LogP contribution in [-0.2, 0) is 11.2 Å². The van der Waals surface area contributed by atoms with E-state index in [1.807, 2.05) is 66.7 Å². The van der Waals surface area contributed by atoms with Gasteiger partial charge in [0.1, 0.15) is 11.8 Å². The minimum atomic E-state index is -0.583. The zero-order valence-electron chi connectivity index (χ0n) is 23.7. The van der Waals surface area contributed by atoms with Crippen molar-refractivity contribution < 1.29 is 14.3 Å². The van der Waals surface area contributed by atoms with Gasteiger partial charge in [-0.1, -0.05) is 73.5 Å². The molecule has 3 aromatic carbocycles. The fourth-order valence-corrected chi connectivity index (χ4v) is 5.36. The highest BCUT2D eigenvalue weighted by atomic mass is 16.5. The van der Waals surface area contributed by atoms with Gasteiger partial charge in [-0.05, 0) is 93.0 Å². The molecule has 2 N–H and O–H groups in total. The van der Waals surface area contributed by atoms with Crippen molar-refractivity contribution >= 4 is 11.8 Å². The number of carbonyl (C=O) groups excluding carboxylic acids is 2. The van der Waals surface area contributed by atoms with Gasteiger partial charge < -0.3 is 20.3 Å². The van der Waals surface area contributed by atoms with Gasteiger partial charge in [0.2, 0.25) is 5.91 Å². The van der Waals surface area contributed by atoms with E-state index in [4.69, 9.17) is 4.74 Å². The summed E-state index contributed by atoms with van der Waals surface area (Å²) in [6.07, 6.45) is 8.31. The lowest BCUT2D eigenvalue weighted by molar-refractivity contribution is -0.123. The normalized spacial score (nSPS) is 14.6. The monoisotopic (exact) mass is 541 g/mol. The Bertz CT molecular complexity index is 1190. The molecule has 40 heavy (non-hydrogen) atoms. The van der Waals surface area contributed by atoms with Crippen LogP contribution in [0.1, 0.15) is 60.9 Å². The van der Waals surface area contributed by atoms with E-state index in [0.29, 0.717) is 18.5 Å². The molecule has 4 rings (SSSR count).